The van der Waals surface area contributed by atoms with Gasteiger partial charge < -0.3 is 19.3 Å². The van der Waals surface area contributed by atoms with Crippen LogP contribution in [0.15, 0.2) is 36.4 Å². The van der Waals surface area contributed by atoms with Crippen molar-refractivity contribution < 1.29 is 19.0 Å². The number of hydrogen-bond acceptors (Lipinski definition) is 3. The molecule has 2 aromatic carbocycles. The van der Waals surface area contributed by atoms with Gasteiger partial charge >= 0.3 is 6.09 Å². The molecule has 0 bridgehead atoms. The van der Waals surface area contributed by atoms with Crippen LogP contribution in [0.5, 0.6) is 0 Å². The van der Waals surface area contributed by atoms with Gasteiger partial charge in [0.1, 0.15) is 11.4 Å². The molecule has 1 fully saturated rings. The summed E-state index contributed by atoms with van der Waals surface area (Å²) < 4.78 is 21.5. The highest BCUT2D eigenvalue weighted by molar-refractivity contribution is 6.31. The van der Waals surface area contributed by atoms with E-state index >= 15 is 0 Å². The van der Waals surface area contributed by atoms with Crippen LogP contribution in [0, 0.1) is 5.82 Å². The number of amides is 1. The lowest BCUT2D eigenvalue weighted by Gasteiger charge is -2.38. The van der Waals surface area contributed by atoms with Crippen LogP contribution in [-0.4, -0.2) is 45.5 Å². The number of hydrogen-bond donors (Lipinski definition) is 1. The van der Waals surface area contributed by atoms with Crippen LogP contribution < -0.4 is 0 Å². The number of piperidine rings is 1. The Morgan fingerprint density at radius 2 is 1.83 bits per heavy atom. The summed E-state index contributed by atoms with van der Waals surface area (Å²) >= 11 is 6.19. The summed E-state index contributed by atoms with van der Waals surface area (Å²) in [5.74, 6) is -0.337. The standard InChI is InChI=1S/C22H24ClFN2O3/c1-22(2,3)29-21(28)25-9-8-20(27)19(12-25)26-17-6-4-13(23)10-15(17)16-11-14(24)5-7-18(16)26/h4-7,10-11,19-20,27H,8-9,12H2,1-3H3/t19-,20-/m0/s1. The number of rotatable bonds is 1. The van der Waals surface area contributed by atoms with E-state index in [1.165, 1.54) is 12.1 Å². The lowest BCUT2D eigenvalue weighted by molar-refractivity contribution is -0.00417. The van der Waals surface area contributed by atoms with Crippen LogP contribution >= 0.6 is 11.6 Å². The van der Waals surface area contributed by atoms with Crippen molar-refractivity contribution in [1.82, 2.24) is 9.47 Å². The van der Waals surface area contributed by atoms with E-state index in [0.717, 1.165) is 21.8 Å². The topological polar surface area (TPSA) is 54.7 Å². The van der Waals surface area contributed by atoms with E-state index in [2.05, 4.69) is 0 Å². The fraction of sp³-hybridized carbons (Fsp3) is 0.409. The van der Waals surface area contributed by atoms with E-state index in [-0.39, 0.29) is 11.9 Å². The maximum atomic E-state index is 14.0. The summed E-state index contributed by atoms with van der Waals surface area (Å²) in [6.45, 7) is 6.20. The van der Waals surface area contributed by atoms with Gasteiger partial charge in [0.05, 0.1) is 12.1 Å². The summed E-state index contributed by atoms with van der Waals surface area (Å²) in [5, 5.41) is 12.9. The molecule has 0 saturated carbocycles. The van der Waals surface area contributed by atoms with Gasteiger partial charge in [-0.3, -0.25) is 0 Å². The number of halogens is 2. The Hall–Kier alpha value is -2.31. The monoisotopic (exact) mass is 418 g/mol. The normalized spacial score (nSPS) is 20.4. The van der Waals surface area contributed by atoms with Gasteiger partial charge in [-0.15, -0.1) is 0 Å². The first-order chi connectivity index (χ1) is 13.6. The van der Waals surface area contributed by atoms with Crippen LogP contribution in [0.4, 0.5) is 9.18 Å². The summed E-state index contributed by atoms with van der Waals surface area (Å²) in [4.78, 5) is 14.2. The van der Waals surface area contributed by atoms with Crippen molar-refractivity contribution in [3.8, 4) is 0 Å². The maximum absolute atomic E-state index is 14.0. The zero-order valence-electron chi connectivity index (χ0n) is 16.7. The summed E-state index contributed by atoms with van der Waals surface area (Å²) in [7, 11) is 0. The highest BCUT2D eigenvalue weighted by Crippen LogP contribution is 2.37. The molecule has 4 rings (SSSR count). The van der Waals surface area contributed by atoms with Gasteiger partial charge in [-0.25, -0.2) is 9.18 Å². The van der Waals surface area contributed by atoms with Crippen LogP contribution in [0.1, 0.15) is 33.2 Å². The molecule has 0 aliphatic carbocycles. The summed E-state index contributed by atoms with van der Waals surface area (Å²) in [5.41, 5.74) is 1.04. The van der Waals surface area contributed by atoms with Crippen LogP contribution in [0.25, 0.3) is 21.8 Å². The Bertz CT molecular complexity index is 1030. The van der Waals surface area contributed by atoms with Gasteiger partial charge in [-0.05, 0) is 63.6 Å². The lowest BCUT2D eigenvalue weighted by Crippen LogP contribution is -2.48. The van der Waals surface area contributed by atoms with Crippen molar-refractivity contribution in [2.75, 3.05) is 13.1 Å². The van der Waals surface area contributed by atoms with Crippen molar-refractivity contribution in [2.45, 2.75) is 44.9 Å². The molecule has 1 aliphatic heterocycles. The quantitative estimate of drug-likeness (QED) is 0.596. The molecule has 1 amide bonds. The number of likely N-dealkylation sites (tertiary alicyclic amines) is 1. The minimum absolute atomic E-state index is 0.301. The first-order valence-electron chi connectivity index (χ1n) is 9.69. The molecule has 2 atom stereocenters. The van der Waals surface area contributed by atoms with E-state index in [0.29, 0.717) is 24.5 Å². The number of nitrogens with zero attached hydrogens (tertiary/aromatic N) is 2. The van der Waals surface area contributed by atoms with E-state index in [1.54, 1.807) is 23.1 Å². The van der Waals surface area contributed by atoms with E-state index in [4.69, 9.17) is 16.3 Å². The second-order valence-corrected chi connectivity index (χ2v) is 8.98. The van der Waals surface area contributed by atoms with Gasteiger partial charge in [-0.2, -0.15) is 0 Å². The number of benzene rings is 2. The van der Waals surface area contributed by atoms with Gasteiger partial charge in [0.25, 0.3) is 0 Å². The van der Waals surface area contributed by atoms with Gasteiger partial charge in [-0.1, -0.05) is 11.6 Å². The number of carbonyl (C=O) groups is 1. The SMILES string of the molecule is CC(C)(C)OC(=O)N1CC[C@H](O)[C@@H](n2c3ccc(F)cc3c3cc(Cl)ccc32)C1. The van der Waals surface area contributed by atoms with Crippen LogP contribution in [0.2, 0.25) is 5.02 Å². The predicted octanol–water partition coefficient (Wildman–Crippen LogP) is 5.13. The van der Waals surface area contributed by atoms with Gasteiger partial charge in [0.15, 0.2) is 0 Å². The molecule has 154 valence electrons. The van der Waals surface area contributed by atoms with E-state index < -0.39 is 17.8 Å². The Balaban J connectivity index is 1.80. The number of aliphatic hydroxyl groups is 1. The predicted molar refractivity (Wildman–Crippen MR) is 112 cm³/mol. The molecule has 1 aliphatic rings. The Morgan fingerprint density at radius 1 is 1.17 bits per heavy atom. The minimum Gasteiger partial charge on any atom is -0.444 e. The summed E-state index contributed by atoms with van der Waals surface area (Å²) in [6.07, 6.45) is -0.614. The molecule has 29 heavy (non-hydrogen) atoms. The van der Waals surface area contributed by atoms with E-state index in [9.17, 15) is 14.3 Å². The molecule has 5 nitrogen and oxygen atoms in total. The Morgan fingerprint density at radius 3 is 2.52 bits per heavy atom. The largest absolute Gasteiger partial charge is 0.444 e. The molecule has 2 heterocycles. The minimum atomic E-state index is -0.645. The third-order valence-corrected chi connectivity index (χ3v) is 5.49. The van der Waals surface area contributed by atoms with Crippen molar-refractivity contribution in [1.29, 1.82) is 0 Å². The fourth-order valence-electron chi connectivity index (χ4n) is 4.02. The molecule has 7 heteroatoms. The van der Waals surface area contributed by atoms with Crippen molar-refractivity contribution in [2.24, 2.45) is 0 Å². The first kappa shape index (κ1) is 20.0. The second-order valence-electron chi connectivity index (χ2n) is 8.54. The third kappa shape index (κ3) is 3.79. The van der Waals surface area contributed by atoms with Crippen molar-refractivity contribution >= 4 is 39.5 Å². The summed E-state index contributed by atoms with van der Waals surface area (Å²) in [6, 6.07) is 9.65. The van der Waals surface area contributed by atoms with E-state index in [1.807, 2.05) is 31.4 Å². The second kappa shape index (κ2) is 7.18. The Kier molecular flexibility index (Phi) is 4.95. The highest BCUT2D eigenvalue weighted by atomic mass is 35.5. The average Bonchev–Trinajstić information content (AvgIpc) is 2.93. The lowest BCUT2D eigenvalue weighted by atomic mass is 10.0. The molecule has 0 spiro atoms. The molecule has 1 aromatic heterocycles. The molecule has 0 radical (unpaired) electrons. The average molecular weight is 419 g/mol. The van der Waals surface area contributed by atoms with Crippen molar-refractivity contribution in [3.63, 3.8) is 0 Å². The Labute approximate surface area is 173 Å². The highest BCUT2D eigenvalue weighted by Gasteiger charge is 2.35. The van der Waals surface area contributed by atoms with Gasteiger partial charge in [0.2, 0.25) is 0 Å². The number of fused-ring (bicyclic) bond motifs is 3. The molecule has 1 saturated heterocycles. The molecule has 0 unspecified atom stereocenters. The van der Waals surface area contributed by atoms with Gasteiger partial charge in [0, 0.05) is 39.9 Å². The zero-order chi connectivity index (χ0) is 20.9. The molecular formula is C22H24ClFN2O3. The number of carbonyl (C=O) groups excluding carboxylic acids is 1. The molecular weight excluding hydrogens is 395 g/mol. The zero-order valence-corrected chi connectivity index (χ0v) is 17.4. The number of aliphatic hydroxyl groups excluding tert-OH is 1. The maximum Gasteiger partial charge on any atom is 0.410 e. The van der Waals surface area contributed by atoms with Crippen LogP contribution in [-0.2, 0) is 4.74 Å². The number of ether oxygens (including phenoxy) is 1. The smallest absolute Gasteiger partial charge is 0.410 e. The molecule has 3 aromatic rings. The fourth-order valence-corrected chi connectivity index (χ4v) is 4.19. The van der Waals surface area contributed by atoms with Crippen molar-refractivity contribution in [3.05, 3.63) is 47.2 Å². The molecule has 1 N–H and O–H groups in total. The van der Waals surface area contributed by atoms with Crippen LogP contribution in [0.3, 0.4) is 0 Å². The number of aromatic nitrogens is 1. The third-order valence-electron chi connectivity index (χ3n) is 5.26. The first-order valence-corrected chi connectivity index (χ1v) is 10.1.